The van der Waals surface area contributed by atoms with E-state index in [1.807, 2.05) is 64.8 Å². The van der Waals surface area contributed by atoms with E-state index in [0.29, 0.717) is 50.1 Å². The van der Waals surface area contributed by atoms with Gasteiger partial charge in [-0.25, -0.2) is 35.0 Å². The number of rotatable bonds is 18. The van der Waals surface area contributed by atoms with Crippen LogP contribution in [0, 0.1) is 0 Å². The highest BCUT2D eigenvalue weighted by Crippen LogP contribution is 2.28. The first-order valence-corrected chi connectivity index (χ1v) is 22.4. The summed E-state index contributed by atoms with van der Waals surface area (Å²) in [6.07, 6.45) is 10.9. The zero-order chi connectivity index (χ0) is 40.0. The summed E-state index contributed by atoms with van der Waals surface area (Å²) in [6, 6.07) is 11.2. The molecule has 4 aromatic rings. The Labute approximate surface area is 330 Å². The van der Waals surface area contributed by atoms with E-state index in [1.165, 1.54) is 0 Å². The number of carbonyl (C=O) groups excluding carboxylic acids is 2. The van der Waals surface area contributed by atoms with Gasteiger partial charge in [-0.05, 0) is 113 Å². The largest absolute Gasteiger partial charge is 0.441 e. The Balaban J connectivity index is 1.09. The van der Waals surface area contributed by atoms with Crippen molar-refractivity contribution in [1.29, 1.82) is 0 Å². The van der Waals surface area contributed by atoms with Gasteiger partial charge in [0.1, 0.15) is 0 Å². The fraction of sp³-hybridized carbons (Fsp3) is 0.500. The van der Waals surface area contributed by atoms with E-state index in [-0.39, 0.29) is 25.0 Å². The molecule has 2 aromatic carbocycles. The Kier molecular flexibility index (Phi) is 13.4. The molecule has 2 aliphatic rings. The van der Waals surface area contributed by atoms with Crippen molar-refractivity contribution in [2.45, 2.75) is 63.5 Å². The van der Waals surface area contributed by atoms with Crippen molar-refractivity contribution in [3.05, 3.63) is 83.2 Å². The van der Waals surface area contributed by atoms with E-state index in [9.17, 15) is 26.4 Å². The third kappa shape index (κ3) is 10.5. The lowest BCUT2D eigenvalue weighted by Crippen LogP contribution is -2.29. The molecular formula is C40H54N6O8S2. The molecule has 0 spiro atoms. The number of benzene rings is 2. The number of aromatic nitrogens is 2. The van der Waals surface area contributed by atoms with Crippen molar-refractivity contribution in [1.82, 2.24) is 27.5 Å². The fourth-order valence-corrected chi connectivity index (χ4v) is 10.5. The van der Waals surface area contributed by atoms with Crippen LogP contribution in [-0.2, 0) is 76.9 Å². The number of fused-ring (bicyclic) bond motifs is 2. The lowest BCUT2D eigenvalue weighted by Gasteiger charge is -2.15. The van der Waals surface area contributed by atoms with Gasteiger partial charge >= 0.3 is 11.9 Å². The minimum absolute atomic E-state index is 0.0678. The van der Waals surface area contributed by atoms with Gasteiger partial charge in [-0.1, -0.05) is 12.1 Å². The highest BCUT2D eigenvalue weighted by Gasteiger charge is 2.27. The number of sulfonamides is 2. The van der Waals surface area contributed by atoms with E-state index in [4.69, 9.17) is 9.47 Å². The maximum absolute atomic E-state index is 13.0. The van der Waals surface area contributed by atoms with Crippen molar-refractivity contribution < 1.29 is 35.9 Å². The Morgan fingerprint density at radius 3 is 1.36 bits per heavy atom. The van der Waals surface area contributed by atoms with Crippen LogP contribution in [0.5, 0.6) is 0 Å². The molecule has 0 aliphatic carbocycles. The smallest absolute Gasteiger partial charge is 0.332 e. The van der Waals surface area contributed by atoms with Crippen LogP contribution in [-0.4, -0.2) is 124 Å². The highest BCUT2D eigenvalue weighted by atomic mass is 32.2. The summed E-state index contributed by atoms with van der Waals surface area (Å²) in [4.78, 5) is 29.6. The summed E-state index contributed by atoms with van der Waals surface area (Å²) in [6.45, 7) is 3.60. The molecule has 0 amide bonds. The first-order chi connectivity index (χ1) is 26.7. The number of hydrogen-bond acceptors (Lipinski definition) is 10. The Hall–Kier alpha value is -4.06. The maximum atomic E-state index is 13.0. The minimum Gasteiger partial charge on any atom is -0.441 e. The van der Waals surface area contributed by atoms with Gasteiger partial charge < -0.3 is 28.4 Å². The Bertz CT molecular complexity index is 2120. The van der Waals surface area contributed by atoms with Crippen LogP contribution in [0.15, 0.2) is 60.9 Å². The number of hydrogen-bond donors (Lipinski definition) is 0. The molecule has 16 heteroatoms. The first kappa shape index (κ1) is 41.6. The lowest BCUT2D eigenvalue weighted by molar-refractivity contribution is -0.144. The van der Waals surface area contributed by atoms with E-state index in [1.54, 1.807) is 29.9 Å². The molecule has 4 heterocycles. The molecule has 0 radical (unpaired) electrons. The third-order valence-corrected chi connectivity index (χ3v) is 14.1. The summed E-state index contributed by atoms with van der Waals surface area (Å²) in [5.74, 6) is -1.58. The number of carbonyl (C=O) groups is 2. The molecule has 0 atom stereocenters. The van der Waals surface area contributed by atoms with Gasteiger partial charge in [0.25, 0.3) is 0 Å². The van der Waals surface area contributed by atoms with Gasteiger partial charge in [0.05, 0.1) is 22.5 Å². The molecule has 2 aromatic heterocycles. The molecular weight excluding hydrogens is 757 g/mol. The number of likely N-dealkylation sites (N-methyl/N-ethyl adjacent to an activating group) is 2. The molecule has 2 aliphatic heterocycles. The fourth-order valence-electron chi connectivity index (χ4n) is 7.35. The zero-order valence-corrected chi connectivity index (χ0v) is 34.5. The van der Waals surface area contributed by atoms with E-state index >= 15 is 0 Å². The summed E-state index contributed by atoms with van der Waals surface area (Å²) >= 11 is 0. The molecule has 2 saturated heterocycles. The van der Waals surface area contributed by atoms with Crippen molar-refractivity contribution >= 4 is 53.8 Å². The molecule has 2 fully saturated rings. The Morgan fingerprint density at radius 2 is 1.00 bits per heavy atom. The van der Waals surface area contributed by atoms with Gasteiger partial charge in [0.2, 0.25) is 20.0 Å². The van der Waals surface area contributed by atoms with Crippen LogP contribution in [0.4, 0.5) is 0 Å². The third-order valence-electron chi connectivity index (χ3n) is 10.4. The quantitative estimate of drug-likeness (QED) is 0.107. The second-order valence-electron chi connectivity index (χ2n) is 15.3. The van der Waals surface area contributed by atoms with Crippen LogP contribution in [0.2, 0.25) is 0 Å². The van der Waals surface area contributed by atoms with Gasteiger partial charge in [-0.3, -0.25) is 0 Å². The second-order valence-corrected chi connectivity index (χ2v) is 19.2. The lowest BCUT2D eigenvalue weighted by atomic mass is 10.1. The van der Waals surface area contributed by atoms with Crippen molar-refractivity contribution in [2.24, 2.45) is 0 Å². The van der Waals surface area contributed by atoms with Crippen molar-refractivity contribution in [3.63, 3.8) is 0 Å². The molecule has 0 bridgehead atoms. The van der Waals surface area contributed by atoms with Crippen LogP contribution in [0.3, 0.4) is 0 Å². The second kappa shape index (κ2) is 18.0. The Morgan fingerprint density at radius 1 is 0.625 bits per heavy atom. The van der Waals surface area contributed by atoms with E-state index in [0.717, 1.165) is 83.9 Å². The van der Waals surface area contributed by atoms with E-state index < -0.39 is 32.0 Å². The van der Waals surface area contributed by atoms with Gasteiger partial charge in [0.15, 0.2) is 13.5 Å². The first-order valence-electron chi connectivity index (χ1n) is 19.2. The van der Waals surface area contributed by atoms with Crippen LogP contribution in [0.25, 0.3) is 21.8 Å². The standard InChI is InChI=1S/C40H54N6O8S2/c1-41(2)21-15-33-25-43(37-11-9-31(23-35(33)37)27-55(49,50)45-17-5-6-18-45)29-53-39(47)13-14-40(48)54-30-44-26-34(16-22-42(3)4)36-24-32(10-12-38(36)44)28-56(51,52)46-19-7-8-20-46/h9-14,23-26H,5-8,15-22,27-30H2,1-4H3/b14-13+. The number of nitrogens with zero attached hydrogens (tertiary/aromatic N) is 6. The summed E-state index contributed by atoms with van der Waals surface area (Å²) in [5, 5.41) is 1.81. The summed E-state index contributed by atoms with van der Waals surface area (Å²) in [5.41, 5.74) is 5.04. The van der Waals surface area contributed by atoms with Gasteiger partial charge in [-0.2, -0.15) is 0 Å². The van der Waals surface area contributed by atoms with Crippen LogP contribution >= 0.6 is 0 Å². The molecule has 0 N–H and O–H groups in total. The monoisotopic (exact) mass is 810 g/mol. The van der Waals surface area contributed by atoms with Gasteiger partial charge in [0, 0.05) is 74.6 Å². The average molecular weight is 811 g/mol. The molecule has 0 unspecified atom stereocenters. The SMILES string of the molecule is CN(C)CCc1cn(COC(=O)/C=C/C(=O)OCn2cc(CCN(C)C)c3cc(CS(=O)(=O)N4CCCC4)ccc32)c2ccc(CS(=O)(=O)N3CCCC3)cc12. The number of esters is 2. The predicted molar refractivity (Wildman–Crippen MR) is 217 cm³/mol. The highest BCUT2D eigenvalue weighted by molar-refractivity contribution is 7.88. The molecule has 56 heavy (non-hydrogen) atoms. The summed E-state index contributed by atoms with van der Waals surface area (Å²) in [7, 11) is 1.12. The molecule has 304 valence electrons. The molecule has 0 saturated carbocycles. The molecule has 14 nitrogen and oxygen atoms in total. The van der Waals surface area contributed by atoms with E-state index in [2.05, 4.69) is 9.80 Å². The van der Waals surface area contributed by atoms with Crippen molar-refractivity contribution in [2.75, 3.05) is 67.5 Å². The minimum atomic E-state index is -3.41. The summed E-state index contributed by atoms with van der Waals surface area (Å²) < 4.78 is 69.9. The van der Waals surface area contributed by atoms with Crippen molar-refractivity contribution in [3.8, 4) is 0 Å². The maximum Gasteiger partial charge on any atom is 0.332 e. The average Bonchev–Trinajstić information content (AvgIpc) is 3.98. The zero-order valence-electron chi connectivity index (χ0n) is 32.9. The van der Waals surface area contributed by atoms with Crippen LogP contribution in [0.1, 0.15) is 47.9 Å². The topological polar surface area (TPSA) is 144 Å². The number of ether oxygens (including phenoxy) is 2. The molecule has 6 rings (SSSR count). The van der Waals surface area contributed by atoms with Gasteiger partial charge in [-0.15, -0.1) is 0 Å². The van der Waals surface area contributed by atoms with Crippen LogP contribution < -0.4 is 0 Å². The normalized spacial score (nSPS) is 16.0. The predicted octanol–water partition coefficient (Wildman–Crippen LogP) is 3.91.